The van der Waals surface area contributed by atoms with Crippen LogP contribution in [0.25, 0.3) is 0 Å². The van der Waals surface area contributed by atoms with Gasteiger partial charge in [-0.2, -0.15) is 0 Å². The van der Waals surface area contributed by atoms with Gasteiger partial charge in [-0.25, -0.2) is 0 Å². The Kier molecular flexibility index (Phi) is 23.0. The summed E-state index contributed by atoms with van der Waals surface area (Å²) in [7, 11) is 0. The van der Waals surface area contributed by atoms with Crippen LogP contribution in [0.2, 0.25) is 0 Å². The number of likely N-dealkylation sites (N-methyl/N-ethyl adjacent to an activating group) is 2. The van der Waals surface area contributed by atoms with E-state index in [1.807, 2.05) is 29.2 Å². The number of halogens is 1. The number of hydrogen-bond acceptors (Lipinski definition) is 8. The molecule has 63 heavy (non-hydrogen) atoms. The molecule has 4 aliphatic heterocycles. The van der Waals surface area contributed by atoms with Crippen LogP contribution in [0, 0.1) is 11.8 Å². The average Bonchev–Trinajstić information content (AvgIpc) is 3.79. The van der Waals surface area contributed by atoms with Gasteiger partial charge in [-0.15, -0.1) is 0 Å². The van der Waals surface area contributed by atoms with E-state index in [0.29, 0.717) is 0 Å². The van der Waals surface area contributed by atoms with Crippen molar-refractivity contribution in [3.63, 3.8) is 0 Å². The second kappa shape index (κ2) is 27.0. The van der Waals surface area contributed by atoms with E-state index in [1.54, 1.807) is 4.90 Å². The van der Waals surface area contributed by atoms with Gasteiger partial charge in [0, 0.05) is 57.5 Å². The first-order valence-corrected chi connectivity index (χ1v) is 21.7. The minimum Gasteiger partial charge on any atom is -1.00 e. The first-order chi connectivity index (χ1) is 29.4. The van der Waals surface area contributed by atoms with Crippen LogP contribution in [-0.4, -0.2) is 130 Å². The molecule has 0 aromatic heterocycles. The van der Waals surface area contributed by atoms with Crippen molar-refractivity contribution in [3.05, 3.63) is 144 Å². The number of morpholine rings is 2. The molecule has 4 heterocycles. The molecule has 0 saturated carbocycles. The van der Waals surface area contributed by atoms with Crippen molar-refractivity contribution in [2.24, 2.45) is 11.8 Å². The van der Waals surface area contributed by atoms with Crippen LogP contribution in [0.3, 0.4) is 0 Å². The number of carbonyl (C=O) groups excluding carboxylic acids is 3. The predicted octanol–water partition coefficient (Wildman–Crippen LogP) is -3.45. The number of quaternary nitrogens is 1. The van der Waals surface area contributed by atoms with Crippen molar-refractivity contribution in [1.29, 1.82) is 0 Å². The zero-order valence-electron chi connectivity index (χ0n) is 37.2. The molecule has 4 fully saturated rings. The summed E-state index contributed by atoms with van der Waals surface area (Å²) in [5, 5.41) is 8.43. The molecule has 2 amide bonds. The zero-order valence-corrected chi connectivity index (χ0v) is 39.9. The van der Waals surface area contributed by atoms with Gasteiger partial charge in [0.25, 0.3) is 6.47 Å². The Morgan fingerprint density at radius 1 is 0.651 bits per heavy atom. The van der Waals surface area contributed by atoms with Gasteiger partial charge in [0.05, 0.1) is 33.0 Å². The molecular formula is C49H64ClN4NaO8. The van der Waals surface area contributed by atoms with Crippen LogP contribution in [0.15, 0.2) is 121 Å². The van der Waals surface area contributed by atoms with E-state index in [0.717, 1.165) is 127 Å². The van der Waals surface area contributed by atoms with E-state index in [1.165, 1.54) is 0 Å². The summed E-state index contributed by atoms with van der Waals surface area (Å²) in [5.41, 5.74) is 3.33. The van der Waals surface area contributed by atoms with E-state index in [4.69, 9.17) is 19.5 Å². The molecule has 4 aliphatic rings. The third kappa shape index (κ3) is 12.2. The molecule has 3 N–H and O–H groups in total. The molecule has 4 aromatic rings. The first-order valence-electron chi connectivity index (χ1n) is 21.7. The summed E-state index contributed by atoms with van der Waals surface area (Å²) < 4.78 is 11.0. The number of nitrogens with one attached hydrogen (secondary N) is 1. The van der Waals surface area contributed by atoms with Crippen molar-refractivity contribution in [2.75, 3.05) is 91.9 Å². The fourth-order valence-corrected chi connectivity index (χ4v) is 10.0. The second-order valence-electron chi connectivity index (χ2n) is 16.0. The third-order valence-corrected chi connectivity index (χ3v) is 13.0. The Hall–Kier alpha value is -3.66. The van der Waals surface area contributed by atoms with Crippen molar-refractivity contribution in [2.45, 2.75) is 37.5 Å². The molecular weight excluding hydrogens is 831 g/mol. The molecule has 14 heteroatoms. The van der Waals surface area contributed by atoms with Gasteiger partial charge in [0.2, 0.25) is 11.8 Å². The summed E-state index contributed by atoms with van der Waals surface area (Å²) in [5.74, 6) is 1.04. The minimum atomic E-state index is -0.592. The van der Waals surface area contributed by atoms with E-state index in [9.17, 15) is 9.59 Å². The summed E-state index contributed by atoms with van der Waals surface area (Å²) >= 11 is 0. The maximum absolute atomic E-state index is 13.8. The van der Waals surface area contributed by atoms with Crippen molar-refractivity contribution in [1.82, 2.24) is 14.7 Å². The molecule has 0 spiro atoms. The Morgan fingerprint density at radius 3 is 1.35 bits per heavy atom. The topological polar surface area (TPSA) is 148 Å². The van der Waals surface area contributed by atoms with Gasteiger partial charge in [0.15, 0.2) is 0 Å². The number of hydrogen-bond donors (Lipinski definition) is 1. The fraction of sp³-hybridized carbons (Fsp3) is 0.449. The average molecular weight is 896 g/mol. The van der Waals surface area contributed by atoms with Crippen LogP contribution in [-0.2, 0) is 39.6 Å². The molecule has 0 bridgehead atoms. The standard InChI is InChI=1S/2C24H30N2O2.CH2O3.ClH.Na.H2O/c2*1-2-26-19-22(13-14-25-15-17-28-18-16-25)24(23(26)27,20-9-5-3-6-10-20)21-11-7-4-8-12-21;2-1-4-3;;;/h2*3-12,22H,2,13-19H2,1H3;1,3H;1H;;1H2/q;;;;+1;/p-1. The van der Waals surface area contributed by atoms with E-state index >= 15 is 0 Å². The molecule has 4 saturated heterocycles. The molecule has 0 radical (unpaired) electrons. The maximum Gasteiger partial charge on any atom is 1.00 e. The van der Waals surface area contributed by atoms with Gasteiger partial charge in [-0.3, -0.25) is 19.3 Å². The maximum atomic E-state index is 13.8. The SMILES string of the molecule is CCN1CC(CCN2CCOCC2)C(c2ccccc2)(c2ccccc2)C1=O.CCN1CC(CC[NH+]2CCOCC2)C(c2ccccc2)(c2ccccc2)C1=O.O.O=CO[O-].[Cl-].[Na+]. The van der Waals surface area contributed by atoms with Gasteiger partial charge < -0.3 is 52.2 Å². The number of ether oxygens (including phenoxy) is 2. The van der Waals surface area contributed by atoms with Gasteiger partial charge in [0.1, 0.15) is 23.9 Å². The van der Waals surface area contributed by atoms with Crippen LogP contribution in [0.5, 0.6) is 0 Å². The molecule has 336 valence electrons. The first kappa shape index (κ1) is 53.7. The number of nitrogens with zero attached hydrogens (tertiary/aromatic N) is 3. The largest absolute Gasteiger partial charge is 1.00 e. The van der Waals surface area contributed by atoms with Gasteiger partial charge >= 0.3 is 29.6 Å². The van der Waals surface area contributed by atoms with Crippen molar-refractivity contribution < 1.29 is 86.3 Å². The monoisotopic (exact) mass is 894 g/mol. The van der Waals surface area contributed by atoms with Gasteiger partial charge in [-0.05, 0) is 49.1 Å². The molecule has 2 atom stereocenters. The number of benzene rings is 4. The number of likely N-dealkylation sites (tertiary alicyclic amines) is 2. The summed E-state index contributed by atoms with van der Waals surface area (Å²) in [6, 6.07) is 41.7. The third-order valence-electron chi connectivity index (χ3n) is 13.0. The Balaban J connectivity index is 0.000000296. The minimum absolute atomic E-state index is 0. The number of rotatable bonds is 13. The molecule has 12 nitrogen and oxygen atoms in total. The van der Waals surface area contributed by atoms with E-state index < -0.39 is 10.8 Å². The van der Waals surface area contributed by atoms with E-state index in [2.05, 4.69) is 126 Å². The summed E-state index contributed by atoms with van der Waals surface area (Å²) in [6.07, 6.45) is 2.05. The molecule has 8 rings (SSSR count). The Labute approximate surface area is 401 Å². The normalized spacial score (nSPS) is 20.4. The summed E-state index contributed by atoms with van der Waals surface area (Å²) in [6.45, 7) is 16.7. The van der Waals surface area contributed by atoms with Crippen LogP contribution >= 0.6 is 0 Å². The molecule has 2 unspecified atom stereocenters. The van der Waals surface area contributed by atoms with Crippen LogP contribution < -0.4 is 52.1 Å². The second-order valence-corrected chi connectivity index (χ2v) is 16.0. The van der Waals surface area contributed by atoms with Crippen molar-refractivity contribution >= 4 is 18.3 Å². The molecule has 0 aliphatic carbocycles. The quantitative estimate of drug-likeness (QED) is 0.0632. The number of carbonyl (C=O) groups is 3. The predicted molar refractivity (Wildman–Crippen MR) is 232 cm³/mol. The van der Waals surface area contributed by atoms with Crippen LogP contribution in [0.4, 0.5) is 0 Å². The smallest absolute Gasteiger partial charge is 1.00 e. The van der Waals surface area contributed by atoms with E-state index in [-0.39, 0.29) is 77.6 Å². The van der Waals surface area contributed by atoms with Crippen LogP contribution in [0.1, 0.15) is 48.9 Å². The zero-order chi connectivity index (χ0) is 42.2. The van der Waals surface area contributed by atoms with Crippen molar-refractivity contribution in [3.8, 4) is 0 Å². The fourth-order valence-electron chi connectivity index (χ4n) is 10.0. The summed E-state index contributed by atoms with van der Waals surface area (Å²) in [4.78, 5) is 47.1. The Morgan fingerprint density at radius 2 is 1.00 bits per heavy atom. The van der Waals surface area contributed by atoms with Gasteiger partial charge in [-0.1, -0.05) is 121 Å². The Bertz CT molecular complexity index is 1690. The molecule has 4 aromatic carbocycles. The number of amides is 2.